The number of rotatable bonds is 10. The van der Waals surface area contributed by atoms with Crippen LogP contribution in [0.1, 0.15) is 27.2 Å². The summed E-state index contributed by atoms with van der Waals surface area (Å²) in [6.07, 6.45) is 0.523. The lowest BCUT2D eigenvalue weighted by molar-refractivity contribution is 0.0664. The molecule has 4 aromatic carbocycles. The monoisotopic (exact) mass is 609 g/mol. The molecule has 2 heterocycles. The van der Waals surface area contributed by atoms with Crippen molar-refractivity contribution in [3.63, 3.8) is 0 Å². The molecule has 0 spiro atoms. The van der Waals surface area contributed by atoms with E-state index in [1.807, 2.05) is 60.7 Å². The fourth-order valence-electron chi connectivity index (χ4n) is 5.87. The largest absolute Gasteiger partial charge is 0.475 e. The van der Waals surface area contributed by atoms with Crippen LogP contribution in [0.2, 0.25) is 0 Å². The molecular formula is C35H35N3O5S. The highest BCUT2D eigenvalue weighted by atomic mass is 32.2. The van der Waals surface area contributed by atoms with E-state index in [0.717, 1.165) is 44.0 Å². The number of benzene rings is 4. The molecule has 1 aliphatic rings. The van der Waals surface area contributed by atoms with Gasteiger partial charge < -0.3 is 14.4 Å². The lowest BCUT2D eigenvalue weighted by Crippen LogP contribution is -2.46. The minimum absolute atomic E-state index is 0.0846. The standard InChI is InChI=1S/C35H35N3O5S/c1-26-30-24-29(16-17-33(30)43-34(26)35(39)40)44(41,42)38(19-18-27-10-4-2-5-11-27)32-15-9-8-14-31(32)37-22-20-36(21-23-37)25-28-12-6-3-7-13-28/h2-17,24H,18-23,25H2,1H3,(H,39,40). The maximum absolute atomic E-state index is 14.5. The van der Waals surface area contributed by atoms with Crippen LogP contribution in [-0.4, -0.2) is 57.1 Å². The molecule has 44 heavy (non-hydrogen) atoms. The van der Waals surface area contributed by atoms with Gasteiger partial charge in [-0.1, -0.05) is 72.8 Å². The molecule has 1 saturated heterocycles. The number of piperazine rings is 1. The van der Waals surface area contributed by atoms with Crippen molar-refractivity contribution in [3.8, 4) is 0 Å². The van der Waals surface area contributed by atoms with Gasteiger partial charge in [0.2, 0.25) is 5.76 Å². The number of furan rings is 1. The Labute approximate surface area is 257 Å². The molecule has 1 aliphatic heterocycles. The van der Waals surface area contributed by atoms with Gasteiger partial charge >= 0.3 is 5.97 Å². The first-order valence-corrected chi connectivity index (χ1v) is 16.2. The van der Waals surface area contributed by atoms with Crippen LogP contribution in [-0.2, 0) is 23.0 Å². The molecule has 6 rings (SSSR count). The molecule has 1 N–H and O–H groups in total. The number of aromatic carboxylic acids is 1. The number of para-hydroxylation sites is 2. The number of sulfonamides is 1. The third-order valence-electron chi connectivity index (χ3n) is 8.25. The van der Waals surface area contributed by atoms with Gasteiger partial charge in [-0.2, -0.15) is 0 Å². The molecule has 0 bridgehead atoms. The summed E-state index contributed by atoms with van der Waals surface area (Å²) in [6.45, 7) is 6.02. The second-order valence-corrected chi connectivity index (χ2v) is 12.9. The van der Waals surface area contributed by atoms with Gasteiger partial charge in [0, 0.05) is 50.2 Å². The topological polar surface area (TPSA) is 94.3 Å². The van der Waals surface area contributed by atoms with Crippen molar-refractivity contribution in [3.05, 3.63) is 126 Å². The highest BCUT2D eigenvalue weighted by molar-refractivity contribution is 7.92. The molecule has 0 amide bonds. The summed E-state index contributed by atoms with van der Waals surface area (Å²) in [6, 6.07) is 32.5. The van der Waals surface area contributed by atoms with Crippen molar-refractivity contribution in [1.29, 1.82) is 0 Å². The quantitative estimate of drug-likeness (QED) is 0.202. The van der Waals surface area contributed by atoms with Crippen LogP contribution >= 0.6 is 0 Å². The van der Waals surface area contributed by atoms with E-state index < -0.39 is 16.0 Å². The minimum atomic E-state index is -4.05. The Morgan fingerprint density at radius 2 is 1.48 bits per heavy atom. The van der Waals surface area contributed by atoms with Gasteiger partial charge in [-0.15, -0.1) is 0 Å². The highest BCUT2D eigenvalue weighted by Gasteiger charge is 2.30. The first kappa shape index (κ1) is 29.5. The molecule has 5 aromatic rings. The Bertz CT molecular complexity index is 1870. The summed E-state index contributed by atoms with van der Waals surface area (Å²) < 4.78 is 36.0. The predicted octanol–water partition coefficient (Wildman–Crippen LogP) is 6.20. The number of carboxylic acids is 1. The first-order valence-electron chi connectivity index (χ1n) is 14.7. The van der Waals surface area contributed by atoms with Gasteiger partial charge in [-0.05, 0) is 54.8 Å². The summed E-state index contributed by atoms with van der Waals surface area (Å²) in [7, 11) is -4.05. The molecule has 226 valence electrons. The molecule has 1 aromatic heterocycles. The molecule has 0 aliphatic carbocycles. The van der Waals surface area contributed by atoms with Crippen molar-refractivity contribution in [2.75, 3.05) is 41.9 Å². The summed E-state index contributed by atoms with van der Waals surface area (Å²) in [5, 5.41) is 9.99. The molecule has 9 heteroatoms. The predicted molar refractivity (Wildman–Crippen MR) is 173 cm³/mol. The third kappa shape index (κ3) is 6.06. The van der Waals surface area contributed by atoms with Gasteiger partial charge in [0.1, 0.15) is 5.58 Å². The fourth-order valence-corrected chi connectivity index (χ4v) is 7.37. The lowest BCUT2D eigenvalue weighted by atomic mass is 10.1. The van der Waals surface area contributed by atoms with Gasteiger partial charge in [-0.3, -0.25) is 9.21 Å². The van der Waals surface area contributed by atoms with E-state index in [1.54, 1.807) is 6.92 Å². The SMILES string of the molecule is Cc1c(C(=O)O)oc2ccc(S(=O)(=O)N(CCc3ccccc3)c3ccccc3N3CCN(Cc4ccccc4)CC3)cc12. The molecule has 8 nitrogen and oxygen atoms in total. The Hall–Kier alpha value is -4.60. The summed E-state index contributed by atoms with van der Waals surface area (Å²) in [5.41, 5.74) is 4.54. The Kier molecular flexibility index (Phi) is 8.41. The molecule has 0 atom stereocenters. The number of hydrogen-bond donors (Lipinski definition) is 1. The Balaban J connectivity index is 1.33. The normalized spacial score (nSPS) is 14.2. The molecular weight excluding hydrogens is 574 g/mol. The number of hydrogen-bond acceptors (Lipinski definition) is 6. The number of aryl methyl sites for hydroxylation is 1. The zero-order chi connectivity index (χ0) is 30.7. The average molecular weight is 610 g/mol. The van der Waals surface area contributed by atoms with Crippen LogP contribution in [0.3, 0.4) is 0 Å². The van der Waals surface area contributed by atoms with Crippen molar-refractivity contribution < 1.29 is 22.7 Å². The second kappa shape index (κ2) is 12.6. The number of carbonyl (C=O) groups is 1. The van der Waals surface area contributed by atoms with Crippen molar-refractivity contribution >= 4 is 38.3 Å². The molecule has 0 radical (unpaired) electrons. The van der Waals surface area contributed by atoms with Gasteiger partial charge in [0.05, 0.1) is 16.3 Å². The lowest BCUT2D eigenvalue weighted by Gasteiger charge is -2.38. The minimum Gasteiger partial charge on any atom is -0.475 e. The number of carboxylic acid groups (broad SMARTS) is 1. The van der Waals surface area contributed by atoms with Crippen molar-refractivity contribution in [2.45, 2.75) is 24.8 Å². The molecule has 1 fully saturated rings. The molecule has 0 saturated carbocycles. The van der Waals surface area contributed by atoms with E-state index in [4.69, 9.17) is 4.42 Å². The van der Waals surface area contributed by atoms with Crippen LogP contribution in [0, 0.1) is 6.92 Å². The summed E-state index contributed by atoms with van der Waals surface area (Å²) >= 11 is 0. The van der Waals surface area contributed by atoms with E-state index >= 15 is 0 Å². The summed E-state index contributed by atoms with van der Waals surface area (Å²) in [4.78, 5) is 16.4. The van der Waals surface area contributed by atoms with Crippen LogP contribution < -0.4 is 9.21 Å². The van der Waals surface area contributed by atoms with Crippen LogP contribution in [0.15, 0.2) is 112 Å². The van der Waals surface area contributed by atoms with Crippen LogP contribution in [0.25, 0.3) is 11.0 Å². The van der Waals surface area contributed by atoms with Crippen LogP contribution in [0.5, 0.6) is 0 Å². The second-order valence-electron chi connectivity index (χ2n) is 11.1. The fraction of sp³-hybridized carbons (Fsp3) is 0.229. The number of anilines is 2. The van der Waals surface area contributed by atoms with E-state index in [9.17, 15) is 18.3 Å². The Morgan fingerprint density at radius 1 is 0.841 bits per heavy atom. The van der Waals surface area contributed by atoms with E-state index in [0.29, 0.717) is 28.6 Å². The molecule has 0 unspecified atom stereocenters. The maximum atomic E-state index is 14.5. The van der Waals surface area contributed by atoms with E-state index in [1.165, 1.54) is 28.1 Å². The average Bonchev–Trinajstić information content (AvgIpc) is 3.38. The van der Waals surface area contributed by atoms with Crippen molar-refractivity contribution in [1.82, 2.24) is 4.90 Å². The van der Waals surface area contributed by atoms with E-state index in [2.05, 4.69) is 34.1 Å². The third-order valence-corrected chi connectivity index (χ3v) is 10.1. The van der Waals surface area contributed by atoms with Crippen LogP contribution in [0.4, 0.5) is 11.4 Å². The Morgan fingerprint density at radius 3 is 2.16 bits per heavy atom. The smallest absolute Gasteiger partial charge is 0.372 e. The number of fused-ring (bicyclic) bond motifs is 1. The van der Waals surface area contributed by atoms with Gasteiger partial charge in [-0.25, -0.2) is 13.2 Å². The van der Waals surface area contributed by atoms with E-state index in [-0.39, 0.29) is 17.2 Å². The van der Waals surface area contributed by atoms with Gasteiger partial charge in [0.15, 0.2) is 0 Å². The number of nitrogens with zero attached hydrogens (tertiary/aromatic N) is 3. The van der Waals surface area contributed by atoms with Crippen molar-refractivity contribution in [2.24, 2.45) is 0 Å². The maximum Gasteiger partial charge on any atom is 0.372 e. The zero-order valence-electron chi connectivity index (χ0n) is 24.6. The summed E-state index contributed by atoms with van der Waals surface area (Å²) in [5.74, 6) is -1.38. The zero-order valence-corrected chi connectivity index (χ0v) is 25.4. The van der Waals surface area contributed by atoms with Gasteiger partial charge in [0.25, 0.3) is 10.0 Å². The first-order chi connectivity index (χ1) is 21.3. The highest BCUT2D eigenvalue weighted by Crippen LogP contribution is 2.36.